The fourth-order valence-electron chi connectivity index (χ4n) is 2.75. The molecule has 0 spiro atoms. The molecule has 2 N–H and O–H groups in total. The zero-order chi connectivity index (χ0) is 14.9. The molecular formula is C17H26N2OS. The van der Waals surface area contributed by atoms with Crippen molar-refractivity contribution in [1.82, 2.24) is 10.6 Å². The van der Waals surface area contributed by atoms with E-state index in [1.807, 2.05) is 17.8 Å². The van der Waals surface area contributed by atoms with Crippen LogP contribution in [0.2, 0.25) is 0 Å². The van der Waals surface area contributed by atoms with Gasteiger partial charge < -0.3 is 10.6 Å². The summed E-state index contributed by atoms with van der Waals surface area (Å²) in [5, 5.41) is 6.08. The molecule has 2 amide bonds. The summed E-state index contributed by atoms with van der Waals surface area (Å²) in [5.41, 5.74) is 1.34. The lowest BCUT2D eigenvalue weighted by atomic mass is 9.86. The van der Waals surface area contributed by atoms with Crippen LogP contribution in [-0.4, -0.2) is 24.4 Å². The summed E-state index contributed by atoms with van der Waals surface area (Å²) in [7, 11) is 0. The Bertz CT molecular complexity index is 424. The van der Waals surface area contributed by atoms with E-state index in [2.05, 4.69) is 41.8 Å². The van der Waals surface area contributed by atoms with Crippen molar-refractivity contribution in [1.29, 1.82) is 0 Å². The van der Waals surface area contributed by atoms with Crippen LogP contribution in [0.5, 0.6) is 0 Å². The molecule has 1 aliphatic rings. The van der Waals surface area contributed by atoms with E-state index in [1.165, 1.54) is 24.8 Å². The van der Waals surface area contributed by atoms with Gasteiger partial charge >= 0.3 is 6.03 Å². The standard InChI is InChI=1S/C17H26N2OS/c1-14-7-5-6-10-16(14)19-17(20)18-11-12-21-13-15-8-3-2-4-9-15/h2-4,8-9,14,16H,5-7,10-13H2,1H3,(H2,18,19,20)/t14-,16-/m1/s1. The van der Waals surface area contributed by atoms with E-state index in [0.29, 0.717) is 12.0 Å². The summed E-state index contributed by atoms with van der Waals surface area (Å²) < 4.78 is 0. The molecule has 0 radical (unpaired) electrons. The molecule has 0 unspecified atom stereocenters. The average Bonchev–Trinajstić information content (AvgIpc) is 2.50. The Hall–Kier alpha value is -1.16. The number of nitrogens with one attached hydrogen (secondary N) is 2. The third-order valence-corrected chi connectivity index (χ3v) is 5.10. The molecule has 1 aromatic rings. The van der Waals surface area contributed by atoms with Gasteiger partial charge in [0.15, 0.2) is 0 Å². The Labute approximate surface area is 132 Å². The molecule has 1 aliphatic carbocycles. The first-order valence-corrected chi connectivity index (χ1v) is 9.07. The molecule has 1 fully saturated rings. The number of urea groups is 1. The smallest absolute Gasteiger partial charge is 0.315 e. The predicted octanol–water partition coefficient (Wildman–Crippen LogP) is 3.80. The molecule has 3 nitrogen and oxygen atoms in total. The maximum absolute atomic E-state index is 11.9. The summed E-state index contributed by atoms with van der Waals surface area (Å²) in [5.74, 6) is 2.56. The molecule has 0 aromatic heterocycles. The number of carbonyl (C=O) groups is 1. The SMILES string of the molecule is C[C@@H]1CCCC[C@H]1NC(=O)NCCSCc1ccccc1. The summed E-state index contributed by atoms with van der Waals surface area (Å²) in [6.07, 6.45) is 4.90. The minimum absolute atomic E-state index is 0.00550. The summed E-state index contributed by atoms with van der Waals surface area (Å²) in [6.45, 7) is 2.96. The summed E-state index contributed by atoms with van der Waals surface area (Å²) in [4.78, 5) is 11.9. The molecule has 0 heterocycles. The minimum atomic E-state index is -0.00550. The second kappa shape index (κ2) is 8.98. The Morgan fingerprint density at radius 3 is 2.76 bits per heavy atom. The highest BCUT2D eigenvalue weighted by Crippen LogP contribution is 2.23. The Morgan fingerprint density at radius 1 is 1.24 bits per heavy atom. The van der Waals surface area contributed by atoms with Crippen LogP contribution in [0, 0.1) is 5.92 Å². The van der Waals surface area contributed by atoms with Gasteiger partial charge in [0.05, 0.1) is 0 Å². The number of thioether (sulfide) groups is 1. The van der Waals surface area contributed by atoms with Crippen LogP contribution >= 0.6 is 11.8 Å². The first-order valence-electron chi connectivity index (χ1n) is 7.92. The van der Waals surface area contributed by atoms with Crippen molar-refractivity contribution in [3.8, 4) is 0 Å². The summed E-state index contributed by atoms with van der Waals surface area (Å²) >= 11 is 1.85. The summed E-state index contributed by atoms with van der Waals surface area (Å²) in [6, 6.07) is 10.8. The van der Waals surface area contributed by atoms with Gasteiger partial charge in [-0.25, -0.2) is 4.79 Å². The lowest BCUT2D eigenvalue weighted by Gasteiger charge is -2.29. The van der Waals surface area contributed by atoms with Crippen molar-refractivity contribution in [3.05, 3.63) is 35.9 Å². The maximum atomic E-state index is 11.9. The molecule has 116 valence electrons. The number of benzene rings is 1. The van der Waals surface area contributed by atoms with Gasteiger partial charge in [0.1, 0.15) is 0 Å². The Morgan fingerprint density at radius 2 is 2.00 bits per heavy atom. The van der Waals surface area contributed by atoms with Gasteiger partial charge in [-0.05, 0) is 24.3 Å². The zero-order valence-electron chi connectivity index (χ0n) is 12.8. The lowest BCUT2D eigenvalue weighted by molar-refractivity contribution is 0.222. The normalized spacial score (nSPS) is 21.8. The second-order valence-electron chi connectivity index (χ2n) is 5.81. The molecule has 1 aromatic carbocycles. The van der Waals surface area contributed by atoms with Crippen LogP contribution in [-0.2, 0) is 5.75 Å². The van der Waals surface area contributed by atoms with Crippen LogP contribution in [0.25, 0.3) is 0 Å². The molecular weight excluding hydrogens is 280 g/mol. The number of amides is 2. The number of carbonyl (C=O) groups excluding carboxylic acids is 1. The molecule has 2 rings (SSSR count). The lowest BCUT2D eigenvalue weighted by Crippen LogP contribution is -2.46. The van der Waals surface area contributed by atoms with E-state index in [4.69, 9.17) is 0 Å². The molecule has 1 saturated carbocycles. The topological polar surface area (TPSA) is 41.1 Å². The quantitative estimate of drug-likeness (QED) is 0.785. The van der Waals surface area contributed by atoms with Gasteiger partial charge in [-0.2, -0.15) is 11.8 Å². The van der Waals surface area contributed by atoms with E-state index in [9.17, 15) is 4.79 Å². The van der Waals surface area contributed by atoms with E-state index >= 15 is 0 Å². The van der Waals surface area contributed by atoms with Crippen molar-refractivity contribution < 1.29 is 4.79 Å². The second-order valence-corrected chi connectivity index (χ2v) is 6.91. The van der Waals surface area contributed by atoms with E-state index < -0.39 is 0 Å². The molecule has 2 atom stereocenters. The highest BCUT2D eigenvalue weighted by Gasteiger charge is 2.22. The highest BCUT2D eigenvalue weighted by molar-refractivity contribution is 7.98. The van der Waals surface area contributed by atoms with Crippen molar-refractivity contribution in [2.75, 3.05) is 12.3 Å². The van der Waals surface area contributed by atoms with Crippen LogP contribution < -0.4 is 10.6 Å². The van der Waals surface area contributed by atoms with Gasteiger partial charge in [-0.1, -0.05) is 50.1 Å². The van der Waals surface area contributed by atoms with Crippen molar-refractivity contribution in [2.24, 2.45) is 5.92 Å². The van der Waals surface area contributed by atoms with Crippen molar-refractivity contribution in [3.63, 3.8) is 0 Å². The van der Waals surface area contributed by atoms with Crippen LogP contribution in [0.4, 0.5) is 4.79 Å². The minimum Gasteiger partial charge on any atom is -0.337 e. The number of rotatable bonds is 6. The van der Waals surface area contributed by atoms with Gasteiger partial charge in [0.25, 0.3) is 0 Å². The van der Waals surface area contributed by atoms with Gasteiger partial charge in [-0.15, -0.1) is 0 Å². The van der Waals surface area contributed by atoms with E-state index in [0.717, 1.165) is 24.5 Å². The van der Waals surface area contributed by atoms with Gasteiger partial charge in [-0.3, -0.25) is 0 Å². The first-order chi connectivity index (χ1) is 10.3. The van der Waals surface area contributed by atoms with Crippen molar-refractivity contribution >= 4 is 17.8 Å². The van der Waals surface area contributed by atoms with E-state index in [-0.39, 0.29) is 6.03 Å². The molecule has 0 aliphatic heterocycles. The molecule has 0 bridgehead atoms. The van der Waals surface area contributed by atoms with Crippen LogP contribution in [0.1, 0.15) is 38.2 Å². The fraction of sp³-hybridized carbons (Fsp3) is 0.588. The number of hydrogen-bond acceptors (Lipinski definition) is 2. The molecule has 0 saturated heterocycles. The first kappa shape index (κ1) is 16.2. The molecule has 21 heavy (non-hydrogen) atoms. The predicted molar refractivity (Wildman–Crippen MR) is 90.6 cm³/mol. The third-order valence-electron chi connectivity index (χ3n) is 4.07. The van der Waals surface area contributed by atoms with Gasteiger partial charge in [0, 0.05) is 24.1 Å². The number of hydrogen-bond donors (Lipinski definition) is 2. The largest absolute Gasteiger partial charge is 0.337 e. The Kier molecular flexibility index (Phi) is 6.93. The van der Waals surface area contributed by atoms with Gasteiger partial charge in [0.2, 0.25) is 0 Å². The molecule has 4 heteroatoms. The monoisotopic (exact) mass is 306 g/mol. The fourth-order valence-corrected chi connectivity index (χ4v) is 3.57. The Balaban J connectivity index is 1.55. The van der Waals surface area contributed by atoms with Crippen LogP contribution in [0.3, 0.4) is 0 Å². The average molecular weight is 306 g/mol. The maximum Gasteiger partial charge on any atom is 0.315 e. The zero-order valence-corrected chi connectivity index (χ0v) is 13.6. The van der Waals surface area contributed by atoms with Crippen molar-refractivity contribution in [2.45, 2.75) is 44.4 Å². The van der Waals surface area contributed by atoms with E-state index in [1.54, 1.807) is 0 Å². The van der Waals surface area contributed by atoms with Crippen LogP contribution in [0.15, 0.2) is 30.3 Å². The third kappa shape index (κ3) is 6.00. The highest BCUT2D eigenvalue weighted by atomic mass is 32.2.